The number of sulfone groups is 1. The van der Waals surface area contributed by atoms with E-state index < -0.39 is 19.9 Å². The summed E-state index contributed by atoms with van der Waals surface area (Å²) < 4.78 is 52.3. The third-order valence-electron chi connectivity index (χ3n) is 2.67. The first-order valence-electron chi connectivity index (χ1n) is 6.23. The zero-order valence-corrected chi connectivity index (χ0v) is 15.0. The van der Waals surface area contributed by atoms with E-state index in [1.54, 1.807) is 19.9 Å². The maximum absolute atomic E-state index is 11.6. The molecule has 0 heterocycles. The summed E-state index contributed by atoms with van der Waals surface area (Å²) in [4.78, 5) is -0.165. The van der Waals surface area contributed by atoms with Gasteiger partial charge in [0.15, 0.2) is 9.84 Å². The van der Waals surface area contributed by atoms with Crippen molar-refractivity contribution in [2.45, 2.75) is 25.2 Å². The molecule has 0 radical (unpaired) electrons. The van der Waals surface area contributed by atoms with Crippen LogP contribution in [0.4, 0.5) is 0 Å². The third kappa shape index (κ3) is 5.57. The standard InChI is InChI=1S/C12H18BrNO5S2/c1-3-5-20(15,16)6-4-19-12-9(2)7-10(13)8-11(12)21(14,17)18/h7-8H,3-6H2,1-2H3,(H2,14,17,18). The van der Waals surface area contributed by atoms with E-state index in [9.17, 15) is 16.8 Å². The fourth-order valence-corrected chi connectivity index (χ4v) is 4.44. The summed E-state index contributed by atoms with van der Waals surface area (Å²) in [5, 5.41) is 5.15. The van der Waals surface area contributed by atoms with E-state index in [1.165, 1.54) is 6.07 Å². The molecule has 9 heteroatoms. The smallest absolute Gasteiger partial charge is 0.241 e. The quantitative estimate of drug-likeness (QED) is 0.749. The lowest BCUT2D eigenvalue weighted by Crippen LogP contribution is -2.19. The lowest BCUT2D eigenvalue weighted by atomic mass is 10.2. The fraction of sp³-hybridized carbons (Fsp3) is 0.500. The van der Waals surface area contributed by atoms with Gasteiger partial charge in [-0.05, 0) is 31.0 Å². The van der Waals surface area contributed by atoms with Crippen molar-refractivity contribution < 1.29 is 21.6 Å². The van der Waals surface area contributed by atoms with Crippen molar-refractivity contribution in [3.8, 4) is 5.75 Å². The summed E-state index contributed by atoms with van der Waals surface area (Å²) in [6, 6.07) is 3.00. The molecular weight excluding hydrogens is 382 g/mol. The van der Waals surface area contributed by atoms with Gasteiger partial charge in [-0.1, -0.05) is 22.9 Å². The molecule has 21 heavy (non-hydrogen) atoms. The van der Waals surface area contributed by atoms with E-state index in [-0.39, 0.29) is 28.8 Å². The molecule has 0 aromatic heterocycles. The molecule has 120 valence electrons. The Bertz CT molecular complexity index is 713. The van der Waals surface area contributed by atoms with Crippen LogP contribution in [0, 0.1) is 6.92 Å². The Morgan fingerprint density at radius 3 is 2.33 bits per heavy atom. The van der Waals surface area contributed by atoms with Crippen LogP contribution >= 0.6 is 15.9 Å². The highest BCUT2D eigenvalue weighted by Crippen LogP contribution is 2.30. The van der Waals surface area contributed by atoms with Gasteiger partial charge in [-0.2, -0.15) is 0 Å². The summed E-state index contributed by atoms with van der Waals surface area (Å²) in [5.74, 6) is 0.00499. The van der Waals surface area contributed by atoms with Gasteiger partial charge >= 0.3 is 0 Å². The first-order chi connectivity index (χ1) is 9.57. The van der Waals surface area contributed by atoms with Gasteiger partial charge in [-0.3, -0.25) is 0 Å². The number of ether oxygens (including phenoxy) is 1. The highest BCUT2D eigenvalue weighted by molar-refractivity contribution is 9.10. The number of hydrogen-bond donors (Lipinski definition) is 1. The molecule has 0 spiro atoms. The molecular formula is C12H18BrNO5S2. The Labute approximate surface area is 133 Å². The van der Waals surface area contributed by atoms with E-state index >= 15 is 0 Å². The van der Waals surface area contributed by atoms with Crippen molar-refractivity contribution in [3.63, 3.8) is 0 Å². The van der Waals surface area contributed by atoms with Crippen LogP contribution in [0.15, 0.2) is 21.5 Å². The molecule has 0 aliphatic rings. The average Bonchev–Trinajstić information content (AvgIpc) is 2.29. The SMILES string of the molecule is CCCS(=O)(=O)CCOc1c(C)cc(Br)cc1S(N)(=O)=O. The molecule has 0 atom stereocenters. The highest BCUT2D eigenvalue weighted by atomic mass is 79.9. The van der Waals surface area contributed by atoms with E-state index in [1.807, 2.05) is 0 Å². The lowest BCUT2D eigenvalue weighted by Gasteiger charge is -2.13. The lowest BCUT2D eigenvalue weighted by molar-refractivity contribution is 0.329. The molecule has 2 N–H and O–H groups in total. The van der Waals surface area contributed by atoms with Gasteiger partial charge in [0, 0.05) is 4.47 Å². The van der Waals surface area contributed by atoms with Crippen molar-refractivity contribution in [1.29, 1.82) is 0 Å². The number of nitrogens with two attached hydrogens (primary N) is 1. The van der Waals surface area contributed by atoms with Crippen LogP contribution in [0.2, 0.25) is 0 Å². The minimum absolute atomic E-state index is 0.0811. The van der Waals surface area contributed by atoms with E-state index in [0.717, 1.165) is 0 Å². The molecule has 0 aliphatic heterocycles. The Morgan fingerprint density at radius 1 is 1.19 bits per heavy atom. The molecule has 1 aromatic rings. The number of halogens is 1. The maximum Gasteiger partial charge on any atom is 0.241 e. The molecule has 0 bridgehead atoms. The zero-order valence-electron chi connectivity index (χ0n) is 11.8. The van der Waals surface area contributed by atoms with Crippen LogP contribution in [-0.2, 0) is 19.9 Å². The predicted molar refractivity (Wildman–Crippen MR) is 84.7 cm³/mol. The maximum atomic E-state index is 11.6. The van der Waals surface area contributed by atoms with Crippen LogP contribution in [0.3, 0.4) is 0 Å². The Hall–Kier alpha value is -0.640. The first kappa shape index (κ1) is 18.4. The minimum atomic E-state index is -3.96. The molecule has 1 rings (SSSR count). The van der Waals surface area contributed by atoms with Crippen molar-refractivity contribution in [2.24, 2.45) is 5.14 Å². The molecule has 0 aliphatic carbocycles. The second-order valence-electron chi connectivity index (χ2n) is 4.60. The first-order valence-corrected chi connectivity index (χ1v) is 10.4. The third-order valence-corrected chi connectivity index (χ3v) is 5.86. The molecule has 6 nitrogen and oxygen atoms in total. The van der Waals surface area contributed by atoms with Gasteiger partial charge in [0.1, 0.15) is 17.3 Å². The largest absolute Gasteiger partial charge is 0.491 e. The number of aryl methyl sites for hydroxylation is 1. The molecule has 0 saturated heterocycles. The zero-order chi connectivity index (χ0) is 16.3. The van der Waals surface area contributed by atoms with Gasteiger partial charge in [0.25, 0.3) is 0 Å². The van der Waals surface area contributed by atoms with Gasteiger partial charge in [0.2, 0.25) is 10.0 Å². The summed E-state index contributed by atoms with van der Waals surface area (Å²) in [6.07, 6.45) is 0.530. The van der Waals surface area contributed by atoms with Gasteiger partial charge in [0.05, 0.1) is 11.5 Å². The Balaban J connectivity index is 2.99. The normalized spacial score (nSPS) is 12.4. The van der Waals surface area contributed by atoms with Gasteiger partial charge in [-0.25, -0.2) is 22.0 Å². The number of sulfonamides is 1. The van der Waals surface area contributed by atoms with Crippen molar-refractivity contribution in [1.82, 2.24) is 0 Å². The topological polar surface area (TPSA) is 104 Å². The van der Waals surface area contributed by atoms with Crippen LogP contribution in [0.25, 0.3) is 0 Å². The second kappa shape index (κ2) is 7.08. The van der Waals surface area contributed by atoms with Crippen molar-refractivity contribution in [3.05, 3.63) is 22.2 Å². The van der Waals surface area contributed by atoms with Crippen LogP contribution in [0.1, 0.15) is 18.9 Å². The second-order valence-corrected chi connectivity index (χ2v) is 9.34. The molecule has 0 unspecified atom stereocenters. The predicted octanol–water partition coefficient (Wildman–Crippen LogP) is 1.61. The molecule has 1 aromatic carbocycles. The van der Waals surface area contributed by atoms with Gasteiger partial charge < -0.3 is 4.74 Å². The van der Waals surface area contributed by atoms with Crippen LogP contribution in [-0.4, -0.2) is 34.9 Å². The molecule has 0 saturated carbocycles. The van der Waals surface area contributed by atoms with E-state index in [2.05, 4.69) is 15.9 Å². The van der Waals surface area contributed by atoms with Gasteiger partial charge in [-0.15, -0.1) is 0 Å². The summed E-state index contributed by atoms with van der Waals surface area (Å²) in [6.45, 7) is 3.32. The average molecular weight is 400 g/mol. The van der Waals surface area contributed by atoms with E-state index in [0.29, 0.717) is 16.5 Å². The minimum Gasteiger partial charge on any atom is -0.491 e. The van der Waals surface area contributed by atoms with E-state index in [4.69, 9.17) is 9.88 Å². The van der Waals surface area contributed by atoms with Crippen molar-refractivity contribution in [2.75, 3.05) is 18.1 Å². The number of hydrogen-bond acceptors (Lipinski definition) is 5. The summed E-state index contributed by atoms with van der Waals surface area (Å²) in [5.41, 5.74) is 0.557. The number of primary sulfonamides is 1. The molecule has 0 fully saturated rings. The Kier molecular flexibility index (Phi) is 6.21. The number of rotatable bonds is 7. The Morgan fingerprint density at radius 2 is 1.81 bits per heavy atom. The number of benzene rings is 1. The highest BCUT2D eigenvalue weighted by Gasteiger charge is 2.19. The monoisotopic (exact) mass is 399 g/mol. The molecule has 0 amide bonds. The summed E-state index contributed by atoms with van der Waals surface area (Å²) >= 11 is 3.19. The van der Waals surface area contributed by atoms with Crippen LogP contribution < -0.4 is 9.88 Å². The fourth-order valence-electron chi connectivity index (χ4n) is 1.78. The van der Waals surface area contributed by atoms with Crippen LogP contribution in [0.5, 0.6) is 5.75 Å². The van der Waals surface area contributed by atoms with Crippen molar-refractivity contribution >= 4 is 35.8 Å². The summed E-state index contributed by atoms with van der Waals surface area (Å²) in [7, 11) is -7.15.